The number of carbonyl (C=O) groups is 2. The summed E-state index contributed by atoms with van der Waals surface area (Å²) in [6, 6.07) is 20.8. The Morgan fingerprint density at radius 2 is 1.71 bits per heavy atom. The Balaban J connectivity index is 1.47. The number of hydrogen-bond acceptors (Lipinski definition) is 6. The molecule has 8 nitrogen and oxygen atoms in total. The number of nitrogens with zero attached hydrogens (tertiary/aromatic N) is 4. The maximum atomic E-state index is 13.2. The van der Waals surface area contributed by atoms with Gasteiger partial charge in [0.15, 0.2) is 10.8 Å². The largest absolute Gasteiger partial charge is 0.378 e. The predicted molar refractivity (Wildman–Crippen MR) is 135 cm³/mol. The van der Waals surface area contributed by atoms with Crippen LogP contribution in [-0.2, 0) is 11.3 Å². The molecule has 0 radical (unpaired) electrons. The quantitative estimate of drug-likeness (QED) is 0.443. The van der Waals surface area contributed by atoms with Crippen molar-refractivity contribution >= 4 is 28.3 Å². The lowest BCUT2D eigenvalue weighted by molar-refractivity contribution is 0.0298. The second-order valence-corrected chi connectivity index (χ2v) is 9.22. The summed E-state index contributed by atoms with van der Waals surface area (Å²) >= 11 is 1.37. The van der Waals surface area contributed by atoms with Gasteiger partial charge in [-0.2, -0.15) is 5.10 Å². The molecule has 0 unspecified atom stereocenters. The highest BCUT2D eigenvalue weighted by atomic mass is 32.1. The highest BCUT2D eigenvalue weighted by Gasteiger charge is 2.25. The number of aryl methyl sites for hydroxylation is 1. The van der Waals surface area contributed by atoms with Gasteiger partial charge in [0.25, 0.3) is 11.8 Å². The van der Waals surface area contributed by atoms with Crippen LogP contribution in [0.15, 0.2) is 66.7 Å². The summed E-state index contributed by atoms with van der Waals surface area (Å²) in [4.78, 5) is 33.0. The summed E-state index contributed by atoms with van der Waals surface area (Å²) in [5.41, 5.74) is 3.58. The SMILES string of the molecule is Cc1nc(NC(=O)c2ccccc2)sc1-c1cc(C(=O)N2CCOCC2)nn1Cc1ccccc1. The topological polar surface area (TPSA) is 89.3 Å². The Labute approximate surface area is 207 Å². The molecule has 0 atom stereocenters. The van der Waals surface area contributed by atoms with Gasteiger partial charge < -0.3 is 9.64 Å². The van der Waals surface area contributed by atoms with Gasteiger partial charge in [0.1, 0.15) is 0 Å². The zero-order valence-electron chi connectivity index (χ0n) is 19.3. The summed E-state index contributed by atoms with van der Waals surface area (Å²) in [6.07, 6.45) is 0. The van der Waals surface area contributed by atoms with Crippen molar-refractivity contribution < 1.29 is 14.3 Å². The minimum Gasteiger partial charge on any atom is -0.378 e. The molecule has 1 fully saturated rings. The third-order valence-electron chi connectivity index (χ3n) is 5.76. The number of morpholine rings is 1. The molecule has 178 valence electrons. The molecule has 0 saturated carbocycles. The third-order valence-corrected chi connectivity index (χ3v) is 6.85. The van der Waals surface area contributed by atoms with Crippen molar-refractivity contribution in [1.29, 1.82) is 0 Å². The van der Waals surface area contributed by atoms with Crippen LogP contribution in [0, 0.1) is 6.92 Å². The lowest BCUT2D eigenvalue weighted by Crippen LogP contribution is -2.40. The lowest BCUT2D eigenvalue weighted by Gasteiger charge is -2.25. The van der Waals surface area contributed by atoms with E-state index in [9.17, 15) is 9.59 Å². The molecule has 0 aliphatic carbocycles. The summed E-state index contributed by atoms with van der Waals surface area (Å²) in [5.74, 6) is -0.326. The number of thiazole rings is 1. The van der Waals surface area contributed by atoms with Crippen molar-refractivity contribution in [3.05, 3.63) is 89.2 Å². The van der Waals surface area contributed by atoms with E-state index in [2.05, 4.69) is 10.3 Å². The van der Waals surface area contributed by atoms with E-state index in [1.807, 2.05) is 66.2 Å². The Bertz CT molecular complexity index is 1330. The smallest absolute Gasteiger partial charge is 0.274 e. The van der Waals surface area contributed by atoms with E-state index in [0.717, 1.165) is 21.8 Å². The molecule has 4 aromatic rings. The van der Waals surface area contributed by atoms with Crippen molar-refractivity contribution in [1.82, 2.24) is 19.7 Å². The first-order chi connectivity index (χ1) is 17.1. The van der Waals surface area contributed by atoms with Crippen molar-refractivity contribution in [2.45, 2.75) is 13.5 Å². The fourth-order valence-electron chi connectivity index (χ4n) is 3.96. The molecule has 0 spiro atoms. The molecule has 0 bridgehead atoms. The van der Waals surface area contributed by atoms with E-state index >= 15 is 0 Å². The number of ether oxygens (including phenoxy) is 1. The molecule has 2 aromatic carbocycles. The molecule has 3 heterocycles. The Morgan fingerprint density at radius 3 is 2.43 bits per heavy atom. The normalized spacial score (nSPS) is 13.6. The van der Waals surface area contributed by atoms with Gasteiger partial charge >= 0.3 is 0 Å². The Kier molecular flexibility index (Phi) is 6.69. The molecular weight excluding hydrogens is 462 g/mol. The van der Waals surface area contributed by atoms with Gasteiger partial charge in [0.2, 0.25) is 0 Å². The lowest BCUT2D eigenvalue weighted by atomic mass is 10.2. The van der Waals surface area contributed by atoms with Crippen molar-refractivity contribution in [2.75, 3.05) is 31.6 Å². The maximum absolute atomic E-state index is 13.2. The van der Waals surface area contributed by atoms with Crippen molar-refractivity contribution in [3.8, 4) is 10.6 Å². The first-order valence-corrected chi connectivity index (χ1v) is 12.2. The van der Waals surface area contributed by atoms with Gasteiger partial charge in [0.05, 0.1) is 36.0 Å². The first-order valence-electron chi connectivity index (χ1n) is 11.4. The van der Waals surface area contributed by atoms with Gasteiger partial charge in [-0.15, -0.1) is 0 Å². The second kappa shape index (κ2) is 10.2. The summed E-state index contributed by atoms with van der Waals surface area (Å²) in [5, 5.41) is 8.08. The van der Waals surface area contributed by atoms with Crippen LogP contribution in [-0.4, -0.2) is 57.8 Å². The van der Waals surface area contributed by atoms with Crippen LogP contribution in [0.3, 0.4) is 0 Å². The third kappa shape index (κ3) is 5.16. The number of carbonyl (C=O) groups excluding carboxylic acids is 2. The van der Waals surface area contributed by atoms with Crippen LogP contribution in [0.5, 0.6) is 0 Å². The standard InChI is InChI=1S/C26H25N5O3S/c1-18-23(35-26(27-18)28-24(32)20-10-6-3-7-11-20)22-16-21(25(33)30-12-14-34-15-13-30)29-31(22)17-19-8-4-2-5-9-19/h2-11,16H,12-15,17H2,1H3,(H,27,28,32). The van der Waals surface area contributed by atoms with Gasteiger partial charge in [-0.3, -0.25) is 19.6 Å². The average molecular weight is 488 g/mol. The fraction of sp³-hybridized carbons (Fsp3) is 0.231. The van der Waals surface area contributed by atoms with E-state index in [-0.39, 0.29) is 11.8 Å². The van der Waals surface area contributed by atoms with E-state index in [0.29, 0.717) is 49.2 Å². The highest BCUT2D eigenvalue weighted by molar-refractivity contribution is 7.19. The van der Waals surface area contributed by atoms with Crippen LogP contribution in [0.4, 0.5) is 5.13 Å². The molecule has 1 aliphatic heterocycles. The summed E-state index contributed by atoms with van der Waals surface area (Å²) < 4.78 is 7.22. The van der Waals surface area contributed by atoms with Gasteiger partial charge in [-0.05, 0) is 30.7 Å². The molecular formula is C26H25N5O3S. The van der Waals surface area contributed by atoms with E-state index < -0.39 is 0 Å². The van der Waals surface area contributed by atoms with Gasteiger partial charge in [-0.25, -0.2) is 4.98 Å². The number of anilines is 1. The summed E-state index contributed by atoms with van der Waals surface area (Å²) in [7, 11) is 0. The predicted octanol–water partition coefficient (Wildman–Crippen LogP) is 4.09. The first kappa shape index (κ1) is 22.9. The molecule has 5 rings (SSSR count). The van der Waals surface area contributed by atoms with Gasteiger partial charge in [0, 0.05) is 18.7 Å². The molecule has 35 heavy (non-hydrogen) atoms. The molecule has 1 aliphatic rings. The minimum absolute atomic E-state index is 0.110. The highest BCUT2D eigenvalue weighted by Crippen LogP contribution is 2.34. The number of hydrogen-bond donors (Lipinski definition) is 1. The van der Waals surface area contributed by atoms with Gasteiger partial charge in [-0.1, -0.05) is 59.9 Å². The van der Waals surface area contributed by atoms with E-state index in [1.165, 1.54) is 11.3 Å². The molecule has 1 saturated heterocycles. The number of rotatable bonds is 6. The average Bonchev–Trinajstić information content (AvgIpc) is 3.47. The number of nitrogens with one attached hydrogen (secondary N) is 1. The zero-order chi connectivity index (χ0) is 24.2. The van der Waals surface area contributed by atoms with Crippen LogP contribution < -0.4 is 5.32 Å². The van der Waals surface area contributed by atoms with Crippen LogP contribution in [0.1, 0.15) is 32.1 Å². The van der Waals surface area contributed by atoms with E-state index in [4.69, 9.17) is 9.84 Å². The monoisotopic (exact) mass is 487 g/mol. The molecule has 2 amide bonds. The van der Waals surface area contributed by atoms with Crippen molar-refractivity contribution in [2.24, 2.45) is 0 Å². The molecule has 1 N–H and O–H groups in total. The maximum Gasteiger partial charge on any atom is 0.274 e. The Hall–Kier alpha value is -3.82. The fourth-order valence-corrected chi connectivity index (χ4v) is 4.94. The van der Waals surface area contributed by atoms with Crippen LogP contribution in [0.2, 0.25) is 0 Å². The van der Waals surface area contributed by atoms with E-state index in [1.54, 1.807) is 17.0 Å². The van der Waals surface area contributed by atoms with Crippen LogP contribution >= 0.6 is 11.3 Å². The summed E-state index contributed by atoms with van der Waals surface area (Å²) in [6.45, 7) is 4.57. The number of benzene rings is 2. The second-order valence-electron chi connectivity index (χ2n) is 8.22. The zero-order valence-corrected chi connectivity index (χ0v) is 20.1. The van der Waals surface area contributed by atoms with Crippen LogP contribution in [0.25, 0.3) is 10.6 Å². The molecule has 2 aromatic heterocycles. The van der Waals surface area contributed by atoms with Crippen molar-refractivity contribution in [3.63, 3.8) is 0 Å². The number of aromatic nitrogens is 3. The number of amides is 2. The minimum atomic E-state index is -0.216. The molecule has 9 heteroatoms. The Morgan fingerprint density at radius 1 is 1.03 bits per heavy atom.